The molecule has 2 rings (SSSR count). The van der Waals surface area contributed by atoms with Gasteiger partial charge >= 0.3 is 0 Å². The molecule has 1 heterocycles. The van der Waals surface area contributed by atoms with E-state index in [0.717, 1.165) is 18.1 Å². The minimum Gasteiger partial charge on any atom is -0.366 e. The maximum absolute atomic E-state index is 6.42. The molecule has 1 aromatic carbocycles. The van der Waals surface area contributed by atoms with Crippen molar-refractivity contribution in [1.82, 2.24) is 5.32 Å². The van der Waals surface area contributed by atoms with Crippen molar-refractivity contribution >= 4 is 17.3 Å². The highest BCUT2D eigenvalue weighted by molar-refractivity contribution is 6.31. The zero-order valence-electron chi connectivity index (χ0n) is 12.5. The quantitative estimate of drug-likeness (QED) is 0.888. The molecular formula is C16H25ClN2. The number of anilines is 1. The molecule has 0 atom stereocenters. The molecule has 0 radical (unpaired) electrons. The first-order chi connectivity index (χ1) is 8.90. The summed E-state index contributed by atoms with van der Waals surface area (Å²) >= 11 is 6.42. The topological polar surface area (TPSA) is 15.3 Å². The van der Waals surface area contributed by atoms with Crippen LogP contribution in [0, 0.1) is 0 Å². The number of benzene rings is 1. The Morgan fingerprint density at radius 2 is 2.11 bits per heavy atom. The minimum absolute atomic E-state index is 0.251. The Kier molecular flexibility index (Phi) is 4.42. The van der Waals surface area contributed by atoms with Crippen LogP contribution >= 0.6 is 11.6 Å². The summed E-state index contributed by atoms with van der Waals surface area (Å²) in [5, 5.41) is 4.28. The van der Waals surface area contributed by atoms with Gasteiger partial charge in [-0.2, -0.15) is 0 Å². The van der Waals surface area contributed by atoms with E-state index in [1.807, 2.05) is 0 Å². The normalized spacial score (nSPS) is 18.3. The van der Waals surface area contributed by atoms with Crippen molar-refractivity contribution in [2.45, 2.75) is 58.7 Å². The van der Waals surface area contributed by atoms with Crippen molar-refractivity contribution in [2.24, 2.45) is 0 Å². The van der Waals surface area contributed by atoms with Gasteiger partial charge in [0, 0.05) is 35.4 Å². The Morgan fingerprint density at radius 3 is 2.63 bits per heavy atom. The van der Waals surface area contributed by atoms with E-state index in [1.54, 1.807) is 0 Å². The highest BCUT2D eigenvalue weighted by atomic mass is 35.5. The third-order valence-corrected chi connectivity index (χ3v) is 4.30. The number of hydrogen-bond acceptors (Lipinski definition) is 2. The smallest absolute Gasteiger partial charge is 0.0471 e. The van der Waals surface area contributed by atoms with Gasteiger partial charge in [-0.1, -0.05) is 31.5 Å². The summed E-state index contributed by atoms with van der Waals surface area (Å²) in [6.45, 7) is 10.9. The molecule has 1 aromatic rings. The van der Waals surface area contributed by atoms with Crippen molar-refractivity contribution in [3.63, 3.8) is 0 Å². The number of rotatable bonds is 4. The summed E-state index contributed by atoms with van der Waals surface area (Å²) in [7, 11) is 0. The van der Waals surface area contributed by atoms with Crippen LogP contribution in [0.1, 0.15) is 46.1 Å². The number of nitrogens with zero attached hydrogens (tertiary/aromatic N) is 1. The molecule has 1 fully saturated rings. The summed E-state index contributed by atoms with van der Waals surface area (Å²) in [6, 6.07) is 6.96. The molecular weight excluding hydrogens is 256 g/mol. The van der Waals surface area contributed by atoms with E-state index in [9.17, 15) is 0 Å². The molecule has 0 spiro atoms. The lowest BCUT2D eigenvalue weighted by Crippen LogP contribution is -2.38. The summed E-state index contributed by atoms with van der Waals surface area (Å²) in [4.78, 5) is 2.47. The third-order valence-electron chi connectivity index (χ3n) is 3.95. The lowest BCUT2D eigenvalue weighted by molar-refractivity contribution is 0.518. The van der Waals surface area contributed by atoms with Crippen LogP contribution in [0.15, 0.2) is 18.2 Å². The fraction of sp³-hybridized carbons (Fsp3) is 0.625. The van der Waals surface area contributed by atoms with E-state index in [-0.39, 0.29) is 5.54 Å². The predicted molar refractivity (Wildman–Crippen MR) is 84.1 cm³/mol. The predicted octanol–water partition coefficient (Wildman–Crippen LogP) is 4.22. The van der Waals surface area contributed by atoms with Gasteiger partial charge in [-0.25, -0.2) is 0 Å². The molecule has 1 aliphatic heterocycles. The maximum Gasteiger partial charge on any atom is 0.0471 e. The van der Waals surface area contributed by atoms with Gasteiger partial charge in [0.2, 0.25) is 0 Å². The Balaban J connectivity index is 2.14. The van der Waals surface area contributed by atoms with E-state index in [0.29, 0.717) is 6.04 Å². The summed E-state index contributed by atoms with van der Waals surface area (Å²) in [6.07, 6.45) is 2.52. The Bertz CT molecular complexity index is 440. The fourth-order valence-corrected chi connectivity index (χ4v) is 2.99. The van der Waals surface area contributed by atoms with Gasteiger partial charge in [0.1, 0.15) is 0 Å². The van der Waals surface area contributed by atoms with Crippen molar-refractivity contribution in [3.05, 3.63) is 28.8 Å². The third kappa shape index (κ3) is 3.43. The summed E-state index contributed by atoms with van der Waals surface area (Å²) in [5.74, 6) is 0. The summed E-state index contributed by atoms with van der Waals surface area (Å²) < 4.78 is 0. The van der Waals surface area contributed by atoms with Crippen LogP contribution in [0.4, 0.5) is 5.69 Å². The van der Waals surface area contributed by atoms with E-state index < -0.39 is 0 Å². The van der Waals surface area contributed by atoms with Gasteiger partial charge in [-0.15, -0.1) is 0 Å². The monoisotopic (exact) mass is 280 g/mol. The number of hydrogen-bond donors (Lipinski definition) is 1. The van der Waals surface area contributed by atoms with E-state index in [2.05, 4.69) is 56.1 Å². The summed E-state index contributed by atoms with van der Waals surface area (Å²) in [5.41, 5.74) is 2.68. The molecule has 0 bridgehead atoms. The van der Waals surface area contributed by atoms with Crippen LogP contribution in [0.3, 0.4) is 0 Å². The lowest BCUT2D eigenvalue weighted by Gasteiger charge is -2.34. The first-order valence-electron chi connectivity index (χ1n) is 7.19. The minimum atomic E-state index is 0.251. The molecule has 106 valence electrons. The standard InChI is InChI=1S/C16H25ClN2/c1-12(2)18-11-13-6-7-14(10-15(13)17)19-9-5-8-16(19,3)4/h6-7,10,12,18H,5,8-9,11H2,1-4H3. The maximum atomic E-state index is 6.42. The second-order valence-electron chi connectivity index (χ2n) is 6.38. The highest BCUT2D eigenvalue weighted by Crippen LogP contribution is 2.35. The van der Waals surface area contributed by atoms with E-state index in [4.69, 9.17) is 11.6 Å². The zero-order valence-corrected chi connectivity index (χ0v) is 13.2. The molecule has 0 amide bonds. The van der Waals surface area contributed by atoms with E-state index in [1.165, 1.54) is 24.1 Å². The van der Waals surface area contributed by atoms with Crippen LogP contribution < -0.4 is 10.2 Å². The Morgan fingerprint density at radius 1 is 1.37 bits per heavy atom. The average Bonchev–Trinajstić information content (AvgIpc) is 2.67. The van der Waals surface area contributed by atoms with Crippen LogP contribution in [0.5, 0.6) is 0 Å². The van der Waals surface area contributed by atoms with Gasteiger partial charge in [0.05, 0.1) is 0 Å². The number of nitrogens with one attached hydrogen (secondary N) is 1. The van der Waals surface area contributed by atoms with Crippen molar-refractivity contribution < 1.29 is 0 Å². The number of halogens is 1. The molecule has 1 saturated heterocycles. The van der Waals surface area contributed by atoms with Crippen molar-refractivity contribution in [3.8, 4) is 0 Å². The average molecular weight is 281 g/mol. The van der Waals surface area contributed by atoms with Crippen molar-refractivity contribution in [1.29, 1.82) is 0 Å². The van der Waals surface area contributed by atoms with Gasteiger partial charge in [-0.05, 0) is 44.4 Å². The van der Waals surface area contributed by atoms with E-state index >= 15 is 0 Å². The molecule has 1 N–H and O–H groups in total. The molecule has 3 heteroatoms. The molecule has 19 heavy (non-hydrogen) atoms. The molecule has 1 aliphatic rings. The second-order valence-corrected chi connectivity index (χ2v) is 6.79. The molecule has 0 saturated carbocycles. The first-order valence-corrected chi connectivity index (χ1v) is 7.57. The molecule has 0 aromatic heterocycles. The SMILES string of the molecule is CC(C)NCc1ccc(N2CCCC2(C)C)cc1Cl. The highest BCUT2D eigenvalue weighted by Gasteiger charge is 2.32. The fourth-order valence-electron chi connectivity index (χ4n) is 2.75. The van der Waals surface area contributed by atoms with Crippen molar-refractivity contribution in [2.75, 3.05) is 11.4 Å². The Labute approximate surface area is 122 Å². The lowest BCUT2D eigenvalue weighted by atomic mass is 10.0. The van der Waals surface area contributed by atoms with Crippen LogP contribution in [-0.2, 0) is 6.54 Å². The van der Waals surface area contributed by atoms with Crippen LogP contribution in [-0.4, -0.2) is 18.1 Å². The largest absolute Gasteiger partial charge is 0.366 e. The Hall–Kier alpha value is -0.730. The van der Waals surface area contributed by atoms with Crippen LogP contribution in [0.2, 0.25) is 5.02 Å². The van der Waals surface area contributed by atoms with Gasteiger partial charge < -0.3 is 10.2 Å². The van der Waals surface area contributed by atoms with Gasteiger partial charge in [0.25, 0.3) is 0 Å². The second kappa shape index (κ2) is 5.72. The zero-order chi connectivity index (χ0) is 14.0. The van der Waals surface area contributed by atoms with Gasteiger partial charge in [0.15, 0.2) is 0 Å². The molecule has 0 aliphatic carbocycles. The van der Waals surface area contributed by atoms with Gasteiger partial charge in [-0.3, -0.25) is 0 Å². The first kappa shape index (κ1) is 14.7. The van der Waals surface area contributed by atoms with Crippen LogP contribution in [0.25, 0.3) is 0 Å². The molecule has 2 nitrogen and oxygen atoms in total. The molecule has 0 unspecified atom stereocenters.